The molecule has 0 bridgehead atoms. The Labute approximate surface area is 96.0 Å². The quantitative estimate of drug-likeness (QED) is 0.842. The molecule has 0 aromatic carbocycles. The first-order valence-electron chi connectivity index (χ1n) is 5.84. The third-order valence-electron chi connectivity index (χ3n) is 3.29. The van der Waals surface area contributed by atoms with Gasteiger partial charge in [-0.25, -0.2) is 0 Å². The normalized spacial score (nSPS) is 16.9. The van der Waals surface area contributed by atoms with Gasteiger partial charge in [-0.05, 0) is 46.1 Å². The van der Waals surface area contributed by atoms with E-state index < -0.39 is 5.54 Å². The number of carbonyl (C=O) groups excluding carboxylic acids is 1. The average Bonchev–Trinajstić information content (AvgIpc) is 2.58. The van der Waals surface area contributed by atoms with Crippen LogP contribution in [0.15, 0.2) is 12.3 Å². The highest BCUT2D eigenvalue weighted by atomic mass is 16.2. The monoisotopic (exact) mass is 221 g/mol. The lowest BCUT2D eigenvalue weighted by Gasteiger charge is -2.31. The van der Waals surface area contributed by atoms with Crippen LogP contribution in [0.2, 0.25) is 0 Å². The summed E-state index contributed by atoms with van der Waals surface area (Å²) < 4.78 is 1.73. The van der Waals surface area contributed by atoms with Crippen molar-refractivity contribution in [1.82, 2.24) is 15.1 Å². The predicted molar refractivity (Wildman–Crippen MR) is 62.1 cm³/mol. The largest absolute Gasteiger partial charge is 0.351 e. The number of amides is 1. The number of nitrogens with zero attached hydrogens (tertiary/aromatic N) is 2. The zero-order valence-corrected chi connectivity index (χ0v) is 10.2. The van der Waals surface area contributed by atoms with Gasteiger partial charge >= 0.3 is 0 Å². The van der Waals surface area contributed by atoms with E-state index in [4.69, 9.17) is 0 Å². The van der Waals surface area contributed by atoms with Crippen molar-refractivity contribution < 1.29 is 4.79 Å². The molecule has 0 radical (unpaired) electrons. The van der Waals surface area contributed by atoms with Crippen LogP contribution < -0.4 is 5.32 Å². The van der Waals surface area contributed by atoms with Gasteiger partial charge in [0.05, 0.1) is 5.69 Å². The van der Waals surface area contributed by atoms with Crippen LogP contribution in [0.5, 0.6) is 0 Å². The minimum Gasteiger partial charge on any atom is -0.351 e. The maximum absolute atomic E-state index is 12.1. The van der Waals surface area contributed by atoms with Gasteiger partial charge in [-0.2, -0.15) is 5.10 Å². The highest BCUT2D eigenvalue weighted by Gasteiger charge is 2.33. The van der Waals surface area contributed by atoms with E-state index in [-0.39, 0.29) is 5.91 Å². The summed E-state index contributed by atoms with van der Waals surface area (Å²) in [6.07, 6.45) is 5.31. The van der Waals surface area contributed by atoms with Crippen molar-refractivity contribution in [3.63, 3.8) is 0 Å². The van der Waals surface area contributed by atoms with E-state index in [0.717, 1.165) is 18.5 Å². The van der Waals surface area contributed by atoms with Gasteiger partial charge in [-0.3, -0.25) is 9.48 Å². The number of carbonyl (C=O) groups is 1. The minimum atomic E-state index is -0.607. The Hall–Kier alpha value is -1.32. The predicted octanol–water partition coefficient (Wildman–Crippen LogP) is 1.60. The van der Waals surface area contributed by atoms with E-state index in [1.165, 1.54) is 6.42 Å². The van der Waals surface area contributed by atoms with Gasteiger partial charge in [-0.1, -0.05) is 0 Å². The zero-order chi connectivity index (χ0) is 11.8. The van der Waals surface area contributed by atoms with E-state index in [1.807, 2.05) is 33.0 Å². The van der Waals surface area contributed by atoms with Crippen LogP contribution in [0.25, 0.3) is 0 Å². The van der Waals surface area contributed by atoms with E-state index >= 15 is 0 Å². The molecule has 0 unspecified atom stereocenters. The maximum atomic E-state index is 12.1. The van der Waals surface area contributed by atoms with Crippen molar-refractivity contribution >= 4 is 5.91 Å². The van der Waals surface area contributed by atoms with Crippen LogP contribution in [0.4, 0.5) is 0 Å². The molecule has 1 aromatic rings. The molecule has 1 aliphatic carbocycles. The summed E-state index contributed by atoms with van der Waals surface area (Å²) in [5.41, 5.74) is 0.327. The molecule has 0 atom stereocenters. The Morgan fingerprint density at radius 2 is 2.25 bits per heavy atom. The molecule has 1 fully saturated rings. The number of nitrogens with one attached hydrogen (secondary N) is 1. The van der Waals surface area contributed by atoms with Crippen LogP contribution in [0.1, 0.15) is 38.8 Å². The van der Waals surface area contributed by atoms with Crippen LogP contribution in [0, 0.1) is 6.92 Å². The molecule has 4 nitrogen and oxygen atoms in total. The Balaban J connectivity index is 2.07. The number of rotatable bonds is 3. The van der Waals surface area contributed by atoms with Gasteiger partial charge in [0.1, 0.15) is 5.54 Å². The Kier molecular flexibility index (Phi) is 2.74. The van der Waals surface area contributed by atoms with Crippen molar-refractivity contribution in [3.05, 3.63) is 18.0 Å². The van der Waals surface area contributed by atoms with Crippen LogP contribution in [-0.2, 0) is 10.3 Å². The van der Waals surface area contributed by atoms with Crippen LogP contribution in [0.3, 0.4) is 0 Å². The lowest BCUT2D eigenvalue weighted by Crippen LogP contribution is -2.50. The topological polar surface area (TPSA) is 46.9 Å². The summed E-state index contributed by atoms with van der Waals surface area (Å²) in [5.74, 6) is 0.0558. The molecular weight excluding hydrogens is 202 g/mol. The molecule has 1 saturated carbocycles. The summed E-state index contributed by atoms with van der Waals surface area (Å²) in [6.45, 7) is 5.72. The van der Waals surface area contributed by atoms with Crippen molar-refractivity contribution in [3.8, 4) is 0 Å². The van der Waals surface area contributed by atoms with Gasteiger partial charge in [0.2, 0.25) is 5.91 Å². The SMILES string of the molecule is Cc1ccn(C(C)(C)C(=O)NC2CCC2)n1. The van der Waals surface area contributed by atoms with Crippen LogP contribution in [-0.4, -0.2) is 21.7 Å². The number of aryl methyl sites for hydroxylation is 1. The van der Waals surface area contributed by atoms with Gasteiger partial charge in [-0.15, -0.1) is 0 Å². The molecule has 0 aliphatic heterocycles. The third kappa shape index (κ3) is 1.96. The molecule has 0 saturated heterocycles. The number of hydrogen-bond donors (Lipinski definition) is 1. The fourth-order valence-electron chi connectivity index (χ4n) is 1.75. The highest BCUT2D eigenvalue weighted by Crippen LogP contribution is 2.21. The molecule has 16 heavy (non-hydrogen) atoms. The average molecular weight is 221 g/mol. The van der Waals surface area contributed by atoms with Gasteiger partial charge < -0.3 is 5.32 Å². The third-order valence-corrected chi connectivity index (χ3v) is 3.29. The van der Waals surface area contributed by atoms with E-state index in [0.29, 0.717) is 6.04 Å². The molecular formula is C12H19N3O. The summed E-state index contributed by atoms with van der Waals surface area (Å²) in [4.78, 5) is 12.1. The number of hydrogen-bond acceptors (Lipinski definition) is 2. The highest BCUT2D eigenvalue weighted by molar-refractivity contribution is 5.83. The summed E-state index contributed by atoms with van der Waals surface area (Å²) in [7, 11) is 0. The fourth-order valence-corrected chi connectivity index (χ4v) is 1.75. The van der Waals surface area contributed by atoms with Crippen molar-refractivity contribution in [2.75, 3.05) is 0 Å². The zero-order valence-electron chi connectivity index (χ0n) is 10.2. The first-order chi connectivity index (χ1) is 7.50. The Morgan fingerprint density at radius 3 is 2.69 bits per heavy atom. The Morgan fingerprint density at radius 1 is 1.56 bits per heavy atom. The first-order valence-corrected chi connectivity index (χ1v) is 5.84. The Bertz CT molecular complexity index is 391. The molecule has 4 heteroatoms. The smallest absolute Gasteiger partial charge is 0.247 e. The molecule has 1 N–H and O–H groups in total. The lowest BCUT2D eigenvalue weighted by molar-refractivity contribution is -0.130. The molecule has 1 aromatic heterocycles. The molecule has 0 spiro atoms. The second kappa shape index (κ2) is 3.92. The fraction of sp³-hybridized carbons (Fsp3) is 0.667. The van der Waals surface area contributed by atoms with Gasteiger partial charge in [0, 0.05) is 12.2 Å². The molecule has 2 rings (SSSR count). The minimum absolute atomic E-state index is 0.0558. The van der Waals surface area contributed by atoms with E-state index in [9.17, 15) is 4.79 Å². The van der Waals surface area contributed by atoms with Crippen molar-refractivity contribution in [1.29, 1.82) is 0 Å². The second-order valence-corrected chi connectivity index (χ2v) is 5.06. The van der Waals surface area contributed by atoms with Gasteiger partial charge in [0.25, 0.3) is 0 Å². The summed E-state index contributed by atoms with van der Waals surface area (Å²) in [6, 6.07) is 2.29. The van der Waals surface area contributed by atoms with Crippen LogP contribution >= 0.6 is 0 Å². The molecule has 88 valence electrons. The van der Waals surface area contributed by atoms with Crippen molar-refractivity contribution in [2.45, 2.75) is 51.6 Å². The maximum Gasteiger partial charge on any atom is 0.247 e. The van der Waals surface area contributed by atoms with E-state index in [1.54, 1.807) is 4.68 Å². The summed E-state index contributed by atoms with van der Waals surface area (Å²) >= 11 is 0. The molecule has 1 aliphatic rings. The van der Waals surface area contributed by atoms with E-state index in [2.05, 4.69) is 10.4 Å². The number of aromatic nitrogens is 2. The molecule has 1 heterocycles. The molecule has 1 amide bonds. The van der Waals surface area contributed by atoms with Crippen molar-refractivity contribution in [2.24, 2.45) is 0 Å². The first kappa shape index (κ1) is 11.2. The summed E-state index contributed by atoms with van der Waals surface area (Å²) in [5, 5.41) is 7.38. The lowest BCUT2D eigenvalue weighted by atomic mass is 9.92. The van der Waals surface area contributed by atoms with Gasteiger partial charge in [0.15, 0.2) is 0 Å². The standard InChI is InChI=1S/C12H19N3O/c1-9-7-8-15(14-9)12(2,3)11(16)13-10-5-4-6-10/h7-8,10H,4-6H2,1-3H3,(H,13,16). The second-order valence-electron chi connectivity index (χ2n) is 5.06.